The molecule has 1 aromatic rings. The van der Waals surface area contributed by atoms with Gasteiger partial charge in [0.25, 0.3) is 0 Å². The summed E-state index contributed by atoms with van der Waals surface area (Å²) in [5, 5.41) is 14.3. The van der Waals surface area contributed by atoms with E-state index in [1.165, 1.54) is 6.20 Å². The van der Waals surface area contributed by atoms with E-state index in [4.69, 9.17) is 16.6 Å². The Kier molecular flexibility index (Phi) is 13.9. The van der Waals surface area contributed by atoms with Gasteiger partial charge in [0, 0.05) is 19.3 Å². The lowest BCUT2D eigenvalue weighted by atomic mass is 10.0. The topological polar surface area (TPSA) is 176 Å². The van der Waals surface area contributed by atoms with Crippen molar-refractivity contribution in [3.8, 4) is 5.75 Å². The van der Waals surface area contributed by atoms with Crippen molar-refractivity contribution in [2.75, 3.05) is 26.2 Å². The van der Waals surface area contributed by atoms with Crippen LogP contribution in [0.4, 0.5) is 0 Å². The highest BCUT2D eigenvalue weighted by molar-refractivity contribution is 5.91. The van der Waals surface area contributed by atoms with Crippen LogP contribution in [0, 0.1) is 0 Å². The summed E-state index contributed by atoms with van der Waals surface area (Å²) in [5.74, 6) is 0.210. The number of amides is 2. The Morgan fingerprint density at radius 1 is 1.33 bits per heavy atom. The molecule has 2 aliphatic heterocycles. The Bertz CT molecular complexity index is 736. The molecule has 3 heterocycles. The first kappa shape index (κ1) is 27.8. The molecule has 3 rings (SSSR count). The number of aromatic nitrogens is 1. The van der Waals surface area contributed by atoms with Crippen LogP contribution in [0.15, 0.2) is 29.5 Å². The minimum Gasteiger partial charge on any atom is -0.506 e. The normalized spacial score (nSPS) is 19.1. The third-order valence-electron chi connectivity index (χ3n) is 4.97. The summed E-state index contributed by atoms with van der Waals surface area (Å²) >= 11 is 0. The van der Waals surface area contributed by atoms with E-state index in [2.05, 4.69) is 20.6 Å². The largest absolute Gasteiger partial charge is 0.506 e. The summed E-state index contributed by atoms with van der Waals surface area (Å²) in [7, 11) is 0. The summed E-state index contributed by atoms with van der Waals surface area (Å²) in [6, 6.07) is 2.70. The predicted molar refractivity (Wildman–Crippen MR) is 126 cm³/mol. The summed E-state index contributed by atoms with van der Waals surface area (Å²) in [4.78, 5) is 43.6. The van der Waals surface area contributed by atoms with E-state index < -0.39 is 6.04 Å². The Hall–Kier alpha value is -3.21. The number of piperidine rings is 1. The molecule has 0 aliphatic carbocycles. The Morgan fingerprint density at radius 3 is 2.61 bits per heavy atom. The number of carbonyl (C=O) groups excluding carboxylic acids is 3. The number of guanidine groups is 1. The molecule has 184 valence electrons. The van der Waals surface area contributed by atoms with E-state index in [1.807, 2.05) is 6.92 Å². The molecule has 0 aromatic carbocycles. The first-order chi connectivity index (χ1) is 15.9. The SMILES string of the molecule is CCCN=C(N)N.O=CCNC(=O)[C@@H]1CCCN1C(=O)[C@H]1CCCCN1.Oc1cccnc1. The van der Waals surface area contributed by atoms with Crippen LogP contribution in [-0.2, 0) is 14.4 Å². The second-order valence-corrected chi connectivity index (χ2v) is 7.62. The van der Waals surface area contributed by atoms with Crippen molar-refractivity contribution in [2.45, 2.75) is 57.5 Å². The van der Waals surface area contributed by atoms with Crippen LogP contribution >= 0.6 is 0 Å². The molecule has 0 unspecified atom stereocenters. The van der Waals surface area contributed by atoms with Crippen LogP contribution in [0.1, 0.15) is 45.4 Å². The van der Waals surface area contributed by atoms with Crippen LogP contribution in [-0.4, -0.2) is 77.3 Å². The lowest BCUT2D eigenvalue weighted by molar-refractivity contribution is -0.140. The summed E-state index contributed by atoms with van der Waals surface area (Å²) in [6.45, 7) is 4.27. The van der Waals surface area contributed by atoms with Gasteiger partial charge in [0.15, 0.2) is 5.96 Å². The van der Waals surface area contributed by atoms with Crippen LogP contribution in [0.3, 0.4) is 0 Å². The van der Waals surface area contributed by atoms with Gasteiger partial charge in [-0.3, -0.25) is 19.6 Å². The average molecular weight is 464 g/mol. The van der Waals surface area contributed by atoms with Crippen LogP contribution < -0.4 is 22.1 Å². The molecule has 2 atom stereocenters. The van der Waals surface area contributed by atoms with Gasteiger partial charge in [-0.25, -0.2) is 0 Å². The molecule has 11 nitrogen and oxygen atoms in total. The number of aldehydes is 1. The molecule has 2 saturated heterocycles. The summed E-state index contributed by atoms with van der Waals surface area (Å²) in [6.07, 6.45) is 9.18. The Morgan fingerprint density at radius 2 is 2.12 bits per heavy atom. The van der Waals surface area contributed by atoms with Gasteiger partial charge in [0.1, 0.15) is 18.1 Å². The number of aliphatic imine (C=N–C) groups is 1. The van der Waals surface area contributed by atoms with Crippen molar-refractivity contribution in [1.82, 2.24) is 20.5 Å². The fraction of sp³-hybridized carbons (Fsp3) is 0.591. The number of aromatic hydroxyl groups is 1. The lowest BCUT2D eigenvalue weighted by Crippen LogP contribution is -2.53. The number of nitrogens with one attached hydrogen (secondary N) is 2. The minimum absolute atomic E-state index is 0.0129. The molecule has 33 heavy (non-hydrogen) atoms. The highest BCUT2D eigenvalue weighted by Gasteiger charge is 2.37. The maximum Gasteiger partial charge on any atom is 0.243 e. The van der Waals surface area contributed by atoms with Gasteiger partial charge < -0.3 is 36.9 Å². The Balaban J connectivity index is 0.000000318. The first-order valence-electron chi connectivity index (χ1n) is 11.3. The molecule has 2 aliphatic rings. The molecule has 7 N–H and O–H groups in total. The molecular formula is C22H37N7O4. The molecule has 11 heteroatoms. The minimum atomic E-state index is -0.406. The highest BCUT2D eigenvalue weighted by Crippen LogP contribution is 2.20. The van der Waals surface area contributed by atoms with E-state index in [-0.39, 0.29) is 36.1 Å². The van der Waals surface area contributed by atoms with Gasteiger partial charge in [-0.1, -0.05) is 13.3 Å². The van der Waals surface area contributed by atoms with Gasteiger partial charge in [-0.15, -0.1) is 0 Å². The van der Waals surface area contributed by atoms with Gasteiger partial charge in [0.05, 0.1) is 18.8 Å². The van der Waals surface area contributed by atoms with E-state index in [0.29, 0.717) is 19.3 Å². The lowest BCUT2D eigenvalue weighted by Gasteiger charge is -2.30. The molecule has 1 aromatic heterocycles. The molecule has 2 fully saturated rings. The second-order valence-electron chi connectivity index (χ2n) is 7.62. The van der Waals surface area contributed by atoms with Crippen molar-refractivity contribution in [1.29, 1.82) is 0 Å². The zero-order chi connectivity index (χ0) is 24.5. The van der Waals surface area contributed by atoms with E-state index in [0.717, 1.165) is 45.2 Å². The molecule has 0 bridgehead atoms. The van der Waals surface area contributed by atoms with Gasteiger partial charge >= 0.3 is 0 Å². The number of hydrogen-bond donors (Lipinski definition) is 5. The van der Waals surface area contributed by atoms with E-state index >= 15 is 0 Å². The Labute approximate surface area is 195 Å². The van der Waals surface area contributed by atoms with Crippen molar-refractivity contribution in [3.63, 3.8) is 0 Å². The standard InChI is InChI=1S/C13H21N3O3.C5H5NO.C4H11N3/c17-9-7-15-12(18)11-5-3-8-16(11)13(19)10-4-1-2-6-14-10;7-5-2-1-3-6-4-5;1-2-3-7-4(5)6/h9-11,14H,1-8H2,(H,15,18);1-4,7H;2-3H2,1H3,(H4,5,6,7)/t10-,11+;;/m1../s1. The third-order valence-corrected chi connectivity index (χ3v) is 4.97. The molecular weight excluding hydrogens is 426 g/mol. The zero-order valence-electron chi connectivity index (χ0n) is 19.3. The van der Waals surface area contributed by atoms with Crippen LogP contribution in [0.25, 0.3) is 0 Å². The maximum atomic E-state index is 12.4. The molecule has 2 amide bonds. The van der Waals surface area contributed by atoms with Crippen LogP contribution in [0.5, 0.6) is 5.75 Å². The molecule has 0 saturated carbocycles. The van der Waals surface area contributed by atoms with E-state index in [9.17, 15) is 14.4 Å². The van der Waals surface area contributed by atoms with Crippen molar-refractivity contribution in [3.05, 3.63) is 24.5 Å². The maximum absolute atomic E-state index is 12.4. The van der Waals surface area contributed by atoms with Crippen molar-refractivity contribution in [2.24, 2.45) is 16.5 Å². The number of carbonyl (C=O) groups is 3. The van der Waals surface area contributed by atoms with Crippen molar-refractivity contribution >= 4 is 24.1 Å². The number of hydrogen-bond acceptors (Lipinski definition) is 7. The van der Waals surface area contributed by atoms with Gasteiger partial charge in [0.2, 0.25) is 11.8 Å². The third kappa shape index (κ3) is 11.3. The van der Waals surface area contributed by atoms with Crippen molar-refractivity contribution < 1.29 is 19.5 Å². The number of rotatable bonds is 6. The van der Waals surface area contributed by atoms with Crippen LogP contribution in [0.2, 0.25) is 0 Å². The van der Waals surface area contributed by atoms with E-state index in [1.54, 1.807) is 23.2 Å². The number of pyridine rings is 1. The fourth-order valence-electron chi connectivity index (χ4n) is 3.42. The number of nitrogens with zero attached hydrogens (tertiary/aromatic N) is 3. The average Bonchev–Trinajstić information content (AvgIpc) is 3.33. The van der Waals surface area contributed by atoms with Gasteiger partial charge in [-0.05, 0) is 50.8 Å². The number of nitrogens with two attached hydrogens (primary N) is 2. The monoisotopic (exact) mass is 463 g/mol. The van der Waals surface area contributed by atoms with Gasteiger partial charge in [-0.2, -0.15) is 0 Å². The number of likely N-dealkylation sites (tertiary alicyclic amines) is 1. The zero-order valence-corrected chi connectivity index (χ0v) is 19.3. The summed E-state index contributed by atoms with van der Waals surface area (Å²) < 4.78 is 0. The molecule has 0 radical (unpaired) electrons. The summed E-state index contributed by atoms with van der Waals surface area (Å²) in [5.41, 5.74) is 10.0. The smallest absolute Gasteiger partial charge is 0.243 e. The highest BCUT2D eigenvalue weighted by atomic mass is 16.3. The first-order valence-corrected chi connectivity index (χ1v) is 11.3. The predicted octanol–water partition coefficient (Wildman–Crippen LogP) is -0.108. The quantitative estimate of drug-likeness (QED) is 0.220. The fourth-order valence-corrected chi connectivity index (χ4v) is 3.42. The second kappa shape index (κ2) is 16.4. The molecule has 0 spiro atoms.